The second-order valence-electron chi connectivity index (χ2n) is 15.9. The minimum atomic E-state index is -2.24. The van der Waals surface area contributed by atoms with Gasteiger partial charge in [0.2, 0.25) is 0 Å². The molecule has 3 atom stereocenters. The first kappa shape index (κ1) is 36.3. The predicted molar refractivity (Wildman–Crippen MR) is 213 cm³/mol. The zero-order valence-electron chi connectivity index (χ0n) is 31.9. The molecule has 1 aromatic rings. The number of rotatable bonds is 9. The zero-order chi connectivity index (χ0) is 37.2. The number of aliphatic carboxylic acids is 1. The van der Waals surface area contributed by atoms with E-state index >= 15 is 0 Å². The van der Waals surface area contributed by atoms with Crippen LogP contribution < -0.4 is 8.90 Å². The molecule has 0 spiro atoms. The summed E-state index contributed by atoms with van der Waals surface area (Å²) in [6, 6.07) is 8.90. The number of aliphatic imine (C=N–C) groups is 3. The van der Waals surface area contributed by atoms with E-state index in [4.69, 9.17) is 19.7 Å². The Balaban J connectivity index is 1.37. The summed E-state index contributed by atoms with van der Waals surface area (Å²) in [5.74, 6) is -0.0908. The minimum Gasteiger partial charge on any atom is -0.481 e. The fourth-order valence-corrected chi connectivity index (χ4v) is 11.8. The number of hydrogen-bond acceptors (Lipinski definition) is 7. The Hall–Kier alpha value is -4.02. The topological polar surface area (TPSA) is 116 Å². The molecule has 5 heterocycles. The van der Waals surface area contributed by atoms with Crippen LogP contribution in [0.4, 0.5) is 0 Å². The van der Waals surface area contributed by atoms with Gasteiger partial charge in [-0.25, -0.2) is 4.99 Å². The van der Waals surface area contributed by atoms with Crippen LogP contribution in [0.1, 0.15) is 72.8 Å². The number of aliphatic hydroxyl groups excluding tert-OH is 1. The molecule has 7 rings (SSSR count). The predicted octanol–water partition coefficient (Wildman–Crippen LogP) is 8.67. The molecule has 5 aliphatic heterocycles. The van der Waals surface area contributed by atoms with Crippen LogP contribution in [0.15, 0.2) is 131 Å². The molecule has 3 N–H and O–H groups in total. The number of nitrogens with zero attached hydrogens (tertiary/aromatic N) is 3. The van der Waals surface area contributed by atoms with Gasteiger partial charge >= 0.3 is 195 Å². The van der Waals surface area contributed by atoms with Crippen molar-refractivity contribution in [1.82, 2.24) is 5.32 Å². The van der Waals surface area contributed by atoms with Crippen molar-refractivity contribution in [2.24, 2.45) is 26.8 Å². The van der Waals surface area contributed by atoms with Gasteiger partial charge in [-0.3, -0.25) is 4.79 Å². The second kappa shape index (κ2) is 13.8. The van der Waals surface area contributed by atoms with Crippen molar-refractivity contribution >= 4 is 45.1 Å². The molecule has 52 heavy (non-hydrogen) atoms. The van der Waals surface area contributed by atoms with Gasteiger partial charge < -0.3 is 10.2 Å². The van der Waals surface area contributed by atoms with Crippen LogP contribution in [-0.2, 0) is 16.1 Å². The van der Waals surface area contributed by atoms with Gasteiger partial charge in [0.25, 0.3) is 0 Å². The third-order valence-electron chi connectivity index (χ3n) is 11.5. The van der Waals surface area contributed by atoms with Crippen LogP contribution in [0.2, 0.25) is 14.8 Å². The quantitative estimate of drug-likeness (QED) is 0.216. The van der Waals surface area contributed by atoms with E-state index in [0.717, 1.165) is 85.4 Å². The van der Waals surface area contributed by atoms with Crippen molar-refractivity contribution in [3.05, 3.63) is 121 Å². The third kappa shape index (κ3) is 6.46. The Morgan fingerprint density at radius 1 is 1.02 bits per heavy atom. The molecule has 0 aromatic heterocycles. The van der Waals surface area contributed by atoms with E-state index < -0.39 is 24.3 Å². The minimum absolute atomic E-state index is 0.0196. The molecule has 8 bridgehead atoms. The van der Waals surface area contributed by atoms with Crippen LogP contribution in [0.3, 0.4) is 0 Å². The smallest absolute Gasteiger partial charge is 0.481 e. The molecular weight excluding hydrogens is 755 g/mol. The Kier molecular flexibility index (Phi) is 9.61. The fraction of sp³-hybridized carbons (Fsp3) is 0.395. The molecule has 270 valence electrons. The van der Waals surface area contributed by atoms with E-state index in [1.165, 1.54) is 9.14 Å². The summed E-state index contributed by atoms with van der Waals surface area (Å²) in [7, 11) is 0. The summed E-state index contributed by atoms with van der Waals surface area (Å²) < 4.78 is 8.15. The van der Waals surface area contributed by atoms with Crippen LogP contribution in [0.5, 0.6) is 0 Å². The summed E-state index contributed by atoms with van der Waals surface area (Å²) in [6.45, 7) is 13.2. The van der Waals surface area contributed by atoms with Gasteiger partial charge in [-0.1, -0.05) is 6.92 Å². The Morgan fingerprint density at radius 2 is 1.79 bits per heavy atom. The number of carboxylic acids is 1. The molecule has 1 saturated heterocycles. The van der Waals surface area contributed by atoms with Gasteiger partial charge in [0.15, 0.2) is 0 Å². The second-order valence-corrected chi connectivity index (χ2v) is 30.4. The molecule has 0 radical (unpaired) electrons. The number of allylic oxidation sites excluding steroid dienone is 11. The van der Waals surface area contributed by atoms with Gasteiger partial charge in [0, 0.05) is 24.0 Å². The number of fused-ring (bicyclic) bond motifs is 5. The Morgan fingerprint density at radius 3 is 2.50 bits per heavy atom. The van der Waals surface area contributed by atoms with Crippen LogP contribution in [0.25, 0.3) is 0 Å². The maximum absolute atomic E-state index is 11.8. The number of ether oxygens (including phenoxy) is 1. The molecule has 0 amide bonds. The Labute approximate surface area is 311 Å². The first-order valence-electron chi connectivity index (χ1n) is 18.6. The molecule has 1 aromatic carbocycles. The van der Waals surface area contributed by atoms with Crippen LogP contribution in [-0.4, -0.2) is 57.8 Å². The third-order valence-corrected chi connectivity index (χ3v) is 17.3. The van der Waals surface area contributed by atoms with E-state index in [2.05, 4.69) is 84.2 Å². The van der Waals surface area contributed by atoms with Gasteiger partial charge in [0.1, 0.15) is 5.76 Å². The van der Waals surface area contributed by atoms with Crippen molar-refractivity contribution in [1.29, 1.82) is 0 Å². The SMILES string of the molecule is CC[C@H]1C2=CC3=C(C)C4=C(O)CC(=C5N=C(C=C6N=C(C=C(N2)[C@@H]1C)C(C(C)OCc1ccc[c]([Sn]([CH3])([CH3])[CH3])c1)=C6C)C(C)=C5CCC(=O)O)C4=N3. The van der Waals surface area contributed by atoms with E-state index in [1.807, 2.05) is 19.9 Å². The van der Waals surface area contributed by atoms with Crippen LogP contribution >= 0.6 is 0 Å². The van der Waals surface area contributed by atoms with Crippen molar-refractivity contribution in [3.8, 4) is 0 Å². The zero-order valence-corrected chi connectivity index (χ0v) is 34.7. The number of carbonyl (C=O) groups is 1. The number of benzene rings is 1. The normalized spacial score (nSPS) is 23.2. The number of carboxylic acid groups (broad SMARTS) is 1. The summed E-state index contributed by atoms with van der Waals surface area (Å²) in [6.07, 6.45) is 7.71. The van der Waals surface area contributed by atoms with E-state index in [-0.39, 0.29) is 30.1 Å². The summed E-state index contributed by atoms with van der Waals surface area (Å²) >= 11 is -2.24. The molecule has 6 aliphatic rings. The van der Waals surface area contributed by atoms with E-state index in [9.17, 15) is 15.0 Å². The van der Waals surface area contributed by atoms with Crippen molar-refractivity contribution in [3.63, 3.8) is 0 Å². The number of aliphatic hydroxyl groups is 1. The van der Waals surface area contributed by atoms with Crippen molar-refractivity contribution in [2.45, 2.75) is 94.8 Å². The first-order valence-corrected chi connectivity index (χ1v) is 28.5. The van der Waals surface area contributed by atoms with Gasteiger partial charge in [-0.2, -0.15) is 0 Å². The van der Waals surface area contributed by atoms with E-state index in [1.54, 1.807) is 0 Å². The first-order chi connectivity index (χ1) is 24.7. The van der Waals surface area contributed by atoms with Crippen molar-refractivity contribution in [2.75, 3.05) is 0 Å². The summed E-state index contributed by atoms with van der Waals surface area (Å²) in [4.78, 5) is 34.7. The van der Waals surface area contributed by atoms with E-state index in [0.29, 0.717) is 25.1 Å². The van der Waals surface area contributed by atoms with Gasteiger partial charge in [-0.05, 0) is 43.9 Å². The molecule has 1 aliphatic carbocycles. The Bertz CT molecular complexity index is 2160. The molecule has 1 fully saturated rings. The summed E-state index contributed by atoms with van der Waals surface area (Å²) in [5.41, 5.74) is 14.5. The van der Waals surface area contributed by atoms with Crippen LogP contribution in [0, 0.1) is 11.8 Å². The monoisotopic (exact) mass is 806 g/mol. The molecule has 1 unspecified atom stereocenters. The standard InChI is InChI=1S/C40H41N4O4.3CH3.Sn/c1-7-26-20(2)29-18-34-37(24(6)48-19-25-11-9-8-10-12-25)22(4)31(42-34)16-30-21(3)27(13-14-36(46)47)39(43-30)28-15-35(45)38-23(5)32(44-40(28)38)17-33(26)41-29;;;;/h8-9,11-12,16-18,20,24,26,41,45H,7,13-15,19H2,1-6H3,(H,46,47);3*1H3;/t20-,24?,26-;;;;/m1..../s1. The molecule has 8 nitrogen and oxygen atoms in total. The molecule has 0 saturated carbocycles. The summed E-state index contributed by atoms with van der Waals surface area (Å²) in [5, 5.41) is 24.7. The fourth-order valence-electron chi connectivity index (χ4n) is 8.31. The maximum atomic E-state index is 11.8. The number of hydrogen-bond donors (Lipinski definition) is 3. The average molecular weight is 806 g/mol. The molecule has 9 heteroatoms. The average Bonchev–Trinajstić information content (AvgIpc) is 3.84. The van der Waals surface area contributed by atoms with Crippen molar-refractivity contribution < 1.29 is 19.7 Å². The van der Waals surface area contributed by atoms with Gasteiger partial charge in [0.05, 0.1) is 17.1 Å². The van der Waals surface area contributed by atoms with Gasteiger partial charge in [-0.15, -0.1) is 0 Å². The molecular formula is C43H50N4O4Sn. The number of nitrogens with one attached hydrogen (secondary N) is 1.